The molecular formula is C15H13ClN2OS. The van der Waals surface area contributed by atoms with E-state index in [1.807, 2.05) is 24.5 Å². The lowest BCUT2D eigenvalue weighted by Gasteiger charge is -1.97. The van der Waals surface area contributed by atoms with E-state index in [1.165, 1.54) is 21.9 Å². The van der Waals surface area contributed by atoms with E-state index in [0.29, 0.717) is 0 Å². The van der Waals surface area contributed by atoms with Gasteiger partial charge >= 0.3 is 0 Å². The Morgan fingerprint density at radius 2 is 2.05 bits per heavy atom. The number of pyridine rings is 1. The van der Waals surface area contributed by atoms with Crippen molar-refractivity contribution in [3.63, 3.8) is 0 Å². The second-order valence-electron chi connectivity index (χ2n) is 4.31. The number of fused-ring (bicyclic) bond motifs is 1. The Hall–Kier alpha value is -1.91. The third kappa shape index (κ3) is 2.98. The smallest absolute Gasteiger partial charge is 0.178 e. The molecule has 5 heteroatoms. The number of benzene rings is 1. The zero-order valence-electron chi connectivity index (χ0n) is 10.6. The van der Waals surface area contributed by atoms with Crippen LogP contribution < -0.4 is 17.0 Å². The molecule has 1 aromatic carbocycles. The predicted molar refractivity (Wildman–Crippen MR) is 76.9 cm³/mol. The molecule has 0 atom stereocenters. The molecular weight excluding hydrogens is 292 g/mol. The van der Waals surface area contributed by atoms with Crippen LogP contribution in [-0.2, 0) is 6.54 Å². The number of nitrogens with zero attached hydrogens (tertiary/aromatic N) is 2. The molecule has 0 radical (unpaired) electrons. The molecule has 0 saturated carbocycles. The van der Waals surface area contributed by atoms with Crippen molar-refractivity contribution < 1.29 is 22.2 Å². The fraction of sp³-hybridized carbons (Fsp3) is 0.0667. The van der Waals surface area contributed by atoms with Gasteiger partial charge in [0.15, 0.2) is 18.9 Å². The lowest BCUT2D eigenvalue weighted by Crippen LogP contribution is -3.00. The summed E-state index contributed by atoms with van der Waals surface area (Å²) in [4.78, 5) is 0. The van der Waals surface area contributed by atoms with Crippen LogP contribution >= 0.6 is 11.3 Å². The van der Waals surface area contributed by atoms with Crippen LogP contribution in [0.3, 0.4) is 0 Å². The van der Waals surface area contributed by atoms with Crippen molar-refractivity contribution in [1.29, 1.82) is 0 Å². The fourth-order valence-corrected chi connectivity index (χ4v) is 3.09. The van der Waals surface area contributed by atoms with Gasteiger partial charge in [-0.15, -0.1) is 11.3 Å². The summed E-state index contributed by atoms with van der Waals surface area (Å²) >= 11 is 1.77. The summed E-state index contributed by atoms with van der Waals surface area (Å²) in [5, 5.41) is 15.1. The number of hydrogen-bond donors (Lipinski definition) is 1. The van der Waals surface area contributed by atoms with Crippen LogP contribution in [0.25, 0.3) is 10.1 Å². The first-order valence-electron chi connectivity index (χ1n) is 5.98. The highest BCUT2D eigenvalue weighted by atomic mass is 35.5. The summed E-state index contributed by atoms with van der Waals surface area (Å²) in [6.45, 7) is 0.817. The summed E-state index contributed by atoms with van der Waals surface area (Å²) in [6.07, 6.45) is 5.41. The molecule has 0 unspecified atom stereocenters. The number of rotatable bonds is 3. The predicted octanol–water partition coefficient (Wildman–Crippen LogP) is 0.0492. The first-order chi connectivity index (χ1) is 9.36. The van der Waals surface area contributed by atoms with E-state index in [0.717, 1.165) is 12.1 Å². The standard InChI is InChI=1S/C15H12N2OS.ClH/c18-16-8-12-4-3-7-17(9-12)10-13-11-19-15-6-2-1-5-14(13)15;/h1-9,11H,10H2;1H. The SMILES string of the molecule is ON=Cc1ccc[n+](Cc2csc3ccccc23)c1.[Cl-]. The Labute approximate surface area is 127 Å². The topological polar surface area (TPSA) is 36.5 Å². The summed E-state index contributed by atoms with van der Waals surface area (Å²) in [5.74, 6) is 0. The summed E-state index contributed by atoms with van der Waals surface area (Å²) in [7, 11) is 0. The van der Waals surface area contributed by atoms with Gasteiger partial charge in [-0.25, -0.2) is 4.57 Å². The van der Waals surface area contributed by atoms with Gasteiger partial charge in [0.25, 0.3) is 0 Å². The normalized spacial score (nSPS) is 10.8. The molecule has 3 nitrogen and oxygen atoms in total. The molecule has 0 fully saturated rings. The van der Waals surface area contributed by atoms with Gasteiger partial charge in [0.05, 0.1) is 11.8 Å². The maximum absolute atomic E-state index is 8.57. The van der Waals surface area contributed by atoms with Crippen molar-refractivity contribution >= 4 is 27.6 Å². The third-order valence-corrected chi connectivity index (χ3v) is 4.01. The summed E-state index contributed by atoms with van der Waals surface area (Å²) in [5.41, 5.74) is 2.19. The van der Waals surface area contributed by atoms with Gasteiger partial charge in [0, 0.05) is 27.1 Å². The van der Waals surface area contributed by atoms with E-state index < -0.39 is 0 Å². The second kappa shape index (κ2) is 6.50. The molecule has 2 aromatic heterocycles. The molecule has 3 aromatic rings. The summed E-state index contributed by atoms with van der Waals surface area (Å²) < 4.78 is 3.40. The molecule has 0 aliphatic rings. The van der Waals surface area contributed by atoms with Gasteiger partial charge in [-0.1, -0.05) is 23.4 Å². The van der Waals surface area contributed by atoms with Gasteiger partial charge < -0.3 is 17.6 Å². The number of halogens is 1. The molecule has 0 aliphatic heterocycles. The van der Waals surface area contributed by atoms with Crippen LogP contribution in [0.2, 0.25) is 0 Å². The highest BCUT2D eigenvalue weighted by Gasteiger charge is 2.09. The summed E-state index contributed by atoms with van der Waals surface area (Å²) in [6, 6.07) is 12.3. The van der Waals surface area contributed by atoms with Gasteiger partial charge in [-0.3, -0.25) is 0 Å². The van der Waals surface area contributed by atoms with Crippen LogP contribution in [-0.4, -0.2) is 11.4 Å². The van der Waals surface area contributed by atoms with Crippen molar-refractivity contribution in [3.05, 3.63) is 65.3 Å². The third-order valence-electron chi connectivity index (χ3n) is 3.00. The van der Waals surface area contributed by atoms with Crippen LogP contribution in [0.5, 0.6) is 0 Å². The molecule has 1 N–H and O–H groups in total. The second-order valence-corrected chi connectivity index (χ2v) is 5.22. The zero-order chi connectivity index (χ0) is 13.1. The minimum atomic E-state index is 0. The van der Waals surface area contributed by atoms with Gasteiger partial charge in [0.2, 0.25) is 0 Å². The van der Waals surface area contributed by atoms with Crippen LogP contribution in [0, 0.1) is 0 Å². The highest BCUT2D eigenvalue weighted by Crippen LogP contribution is 2.25. The van der Waals surface area contributed by atoms with Crippen molar-refractivity contribution in [1.82, 2.24) is 0 Å². The lowest BCUT2D eigenvalue weighted by molar-refractivity contribution is -0.688. The molecule has 2 heterocycles. The number of thiophene rings is 1. The molecule has 0 bridgehead atoms. The van der Waals surface area contributed by atoms with E-state index in [1.54, 1.807) is 11.3 Å². The maximum atomic E-state index is 8.57. The van der Waals surface area contributed by atoms with E-state index in [4.69, 9.17) is 5.21 Å². The van der Waals surface area contributed by atoms with Crippen molar-refractivity contribution in [3.8, 4) is 0 Å². The fourth-order valence-electron chi connectivity index (χ4n) is 2.14. The zero-order valence-corrected chi connectivity index (χ0v) is 12.2. The Bertz CT molecular complexity index is 739. The molecule has 0 aliphatic carbocycles. The van der Waals surface area contributed by atoms with Crippen molar-refractivity contribution in [2.24, 2.45) is 5.16 Å². The van der Waals surface area contributed by atoms with Crippen LogP contribution in [0.1, 0.15) is 11.1 Å². The average Bonchev–Trinajstić information content (AvgIpc) is 2.83. The van der Waals surface area contributed by atoms with Crippen molar-refractivity contribution in [2.75, 3.05) is 0 Å². The molecule has 0 saturated heterocycles. The first kappa shape index (κ1) is 14.5. The molecule has 0 spiro atoms. The van der Waals surface area contributed by atoms with Crippen LogP contribution in [0.4, 0.5) is 0 Å². The first-order valence-corrected chi connectivity index (χ1v) is 6.86. The molecule has 0 amide bonds. The Balaban J connectivity index is 0.00000147. The molecule has 3 rings (SSSR count). The lowest BCUT2D eigenvalue weighted by atomic mass is 10.2. The van der Waals surface area contributed by atoms with E-state index in [-0.39, 0.29) is 12.4 Å². The quantitative estimate of drug-likeness (QED) is 0.316. The van der Waals surface area contributed by atoms with E-state index in [9.17, 15) is 0 Å². The molecule has 20 heavy (non-hydrogen) atoms. The molecule has 102 valence electrons. The Morgan fingerprint density at radius 1 is 1.20 bits per heavy atom. The van der Waals surface area contributed by atoms with E-state index in [2.05, 4.69) is 39.4 Å². The number of oxime groups is 1. The Morgan fingerprint density at radius 3 is 2.90 bits per heavy atom. The van der Waals surface area contributed by atoms with Crippen LogP contribution in [0.15, 0.2) is 59.3 Å². The van der Waals surface area contributed by atoms with Gasteiger partial charge in [-0.2, -0.15) is 0 Å². The monoisotopic (exact) mass is 304 g/mol. The number of hydrogen-bond acceptors (Lipinski definition) is 3. The van der Waals surface area contributed by atoms with E-state index >= 15 is 0 Å². The minimum Gasteiger partial charge on any atom is -1.00 e. The van der Waals surface area contributed by atoms with Gasteiger partial charge in [-0.05, 0) is 12.1 Å². The maximum Gasteiger partial charge on any atom is 0.178 e. The highest BCUT2D eigenvalue weighted by molar-refractivity contribution is 7.17. The van der Waals surface area contributed by atoms with Crippen molar-refractivity contribution in [2.45, 2.75) is 6.54 Å². The van der Waals surface area contributed by atoms with Gasteiger partial charge in [0.1, 0.15) is 0 Å². The minimum absolute atomic E-state index is 0. The number of aromatic nitrogens is 1. The Kier molecular flexibility index (Phi) is 4.71. The largest absolute Gasteiger partial charge is 1.00 e. The average molecular weight is 305 g/mol.